The summed E-state index contributed by atoms with van der Waals surface area (Å²) in [6, 6.07) is 10.0. The molecule has 2 aromatic rings. The zero-order valence-corrected chi connectivity index (χ0v) is 16.3. The van der Waals surface area contributed by atoms with E-state index in [0.29, 0.717) is 35.2 Å². The Balaban J connectivity index is 1.96. The highest BCUT2D eigenvalue weighted by Gasteiger charge is 2.14. The van der Waals surface area contributed by atoms with Gasteiger partial charge in [0.2, 0.25) is 0 Å². The fraction of sp³-hybridized carbons (Fsp3) is 0.300. The highest BCUT2D eigenvalue weighted by atomic mass is 35.5. The molecule has 0 atom stereocenters. The molecule has 0 heterocycles. The predicted molar refractivity (Wildman–Crippen MR) is 103 cm³/mol. The van der Waals surface area contributed by atoms with Crippen LogP contribution in [0.2, 0.25) is 5.02 Å². The first-order chi connectivity index (χ1) is 12.9. The van der Waals surface area contributed by atoms with Crippen molar-refractivity contribution < 1.29 is 23.8 Å². The van der Waals surface area contributed by atoms with Crippen molar-refractivity contribution in [1.82, 2.24) is 0 Å². The van der Waals surface area contributed by atoms with Crippen molar-refractivity contribution >= 4 is 29.2 Å². The van der Waals surface area contributed by atoms with E-state index in [1.54, 1.807) is 43.5 Å². The Kier molecular flexibility index (Phi) is 7.64. The molecule has 2 aromatic carbocycles. The van der Waals surface area contributed by atoms with Gasteiger partial charge in [-0.05, 0) is 49.7 Å². The van der Waals surface area contributed by atoms with Crippen LogP contribution in [0.5, 0.6) is 5.75 Å². The molecule has 0 spiro atoms. The molecule has 0 aromatic heterocycles. The predicted octanol–water partition coefficient (Wildman–Crippen LogP) is 3.99. The Morgan fingerprint density at radius 1 is 1.15 bits per heavy atom. The number of amides is 1. The molecule has 27 heavy (non-hydrogen) atoms. The van der Waals surface area contributed by atoms with Gasteiger partial charge in [0, 0.05) is 22.9 Å². The summed E-state index contributed by atoms with van der Waals surface area (Å²) in [5, 5.41) is 3.18. The van der Waals surface area contributed by atoms with Crippen LogP contribution in [0.25, 0.3) is 0 Å². The average Bonchev–Trinajstić information content (AvgIpc) is 2.67. The number of carbonyl (C=O) groups excluding carboxylic acids is 2. The lowest BCUT2D eigenvalue weighted by Gasteiger charge is -2.11. The smallest absolute Gasteiger partial charge is 0.338 e. The molecule has 1 amide bonds. The monoisotopic (exact) mass is 391 g/mol. The molecule has 0 unspecified atom stereocenters. The zero-order chi connectivity index (χ0) is 19.8. The van der Waals surface area contributed by atoms with E-state index in [0.717, 1.165) is 11.1 Å². The molecule has 0 aliphatic carbocycles. The lowest BCUT2D eigenvalue weighted by molar-refractivity contribution is -0.119. The van der Waals surface area contributed by atoms with E-state index in [2.05, 4.69) is 5.32 Å². The Morgan fingerprint density at radius 3 is 2.59 bits per heavy atom. The second-order valence-corrected chi connectivity index (χ2v) is 6.16. The maximum atomic E-state index is 12.2. The largest absolute Gasteiger partial charge is 0.496 e. The number of aryl methyl sites for hydroxylation is 1. The van der Waals surface area contributed by atoms with Crippen LogP contribution in [0, 0.1) is 6.92 Å². The molecule has 0 bridgehead atoms. The molecule has 0 radical (unpaired) electrons. The fourth-order valence-corrected chi connectivity index (χ4v) is 2.49. The quantitative estimate of drug-likeness (QED) is 0.689. The third-order valence-electron chi connectivity index (χ3n) is 3.77. The van der Waals surface area contributed by atoms with Gasteiger partial charge in [0.05, 0.1) is 19.3 Å². The van der Waals surface area contributed by atoms with Crippen molar-refractivity contribution in [2.45, 2.75) is 20.5 Å². The molecule has 2 rings (SSSR count). The van der Waals surface area contributed by atoms with Crippen LogP contribution in [0.3, 0.4) is 0 Å². The normalized spacial score (nSPS) is 10.4. The van der Waals surface area contributed by atoms with E-state index in [1.165, 1.54) is 0 Å². The van der Waals surface area contributed by atoms with Gasteiger partial charge in [0.15, 0.2) is 6.61 Å². The molecular formula is C20H22ClNO5. The molecule has 0 saturated heterocycles. The van der Waals surface area contributed by atoms with Gasteiger partial charge in [-0.1, -0.05) is 17.7 Å². The van der Waals surface area contributed by atoms with Crippen LogP contribution in [0.15, 0.2) is 36.4 Å². The summed E-state index contributed by atoms with van der Waals surface area (Å²) in [5.41, 5.74) is 2.49. The lowest BCUT2D eigenvalue weighted by Crippen LogP contribution is -2.21. The van der Waals surface area contributed by atoms with Crippen molar-refractivity contribution in [2.24, 2.45) is 0 Å². The number of hydrogen-bond acceptors (Lipinski definition) is 5. The summed E-state index contributed by atoms with van der Waals surface area (Å²) < 4.78 is 15.7. The minimum absolute atomic E-state index is 0.315. The van der Waals surface area contributed by atoms with Crippen molar-refractivity contribution in [3.8, 4) is 5.75 Å². The first-order valence-electron chi connectivity index (χ1n) is 8.42. The highest BCUT2D eigenvalue weighted by Crippen LogP contribution is 2.22. The summed E-state index contributed by atoms with van der Waals surface area (Å²) in [6.45, 7) is 4.20. The fourth-order valence-electron chi connectivity index (χ4n) is 2.31. The SMILES string of the molecule is CCOCc1cc(C(=O)OCC(=O)Nc2ccc(C)c(Cl)c2)ccc1OC. The summed E-state index contributed by atoms with van der Waals surface area (Å²) in [6.07, 6.45) is 0. The van der Waals surface area contributed by atoms with E-state index in [9.17, 15) is 9.59 Å². The van der Waals surface area contributed by atoms with E-state index < -0.39 is 18.5 Å². The van der Waals surface area contributed by atoms with Gasteiger partial charge in [-0.2, -0.15) is 0 Å². The zero-order valence-electron chi connectivity index (χ0n) is 15.5. The van der Waals surface area contributed by atoms with E-state index in [1.807, 2.05) is 13.8 Å². The Labute approximate surface area is 163 Å². The Morgan fingerprint density at radius 2 is 1.93 bits per heavy atom. The molecular weight excluding hydrogens is 370 g/mol. The van der Waals surface area contributed by atoms with Crippen LogP contribution < -0.4 is 10.1 Å². The number of rotatable bonds is 8. The number of ether oxygens (including phenoxy) is 3. The van der Waals surface area contributed by atoms with Crippen LogP contribution in [0.1, 0.15) is 28.4 Å². The van der Waals surface area contributed by atoms with Crippen LogP contribution in [0.4, 0.5) is 5.69 Å². The second-order valence-electron chi connectivity index (χ2n) is 5.75. The summed E-state index contributed by atoms with van der Waals surface area (Å²) in [7, 11) is 1.55. The number of anilines is 1. The molecule has 0 fully saturated rings. The van der Waals surface area contributed by atoms with E-state index in [4.69, 9.17) is 25.8 Å². The molecule has 0 aliphatic rings. The third-order valence-corrected chi connectivity index (χ3v) is 4.17. The number of esters is 1. The first-order valence-corrected chi connectivity index (χ1v) is 8.80. The van der Waals surface area contributed by atoms with Crippen molar-refractivity contribution in [1.29, 1.82) is 0 Å². The maximum Gasteiger partial charge on any atom is 0.338 e. The lowest BCUT2D eigenvalue weighted by atomic mass is 10.1. The van der Waals surface area contributed by atoms with Gasteiger partial charge in [-0.25, -0.2) is 4.79 Å². The van der Waals surface area contributed by atoms with Gasteiger partial charge < -0.3 is 19.5 Å². The number of halogens is 1. The average molecular weight is 392 g/mol. The number of nitrogens with one attached hydrogen (secondary N) is 1. The molecule has 6 nitrogen and oxygen atoms in total. The van der Waals surface area contributed by atoms with Crippen LogP contribution in [-0.2, 0) is 20.9 Å². The van der Waals surface area contributed by atoms with Crippen LogP contribution in [-0.4, -0.2) is 32.2 Å². The minimum atomic E-state index is -0.604. The van der Waals surface area contributed by atoms with Crippen molar-refractivity contribution in [2.75, 3.05) is 25.6 Å². The van der Waals surface area contributed by atoms with Gasteiger partial charge >= 0.3 is 5.97 Å². The second kappa shape index (κ2) is 9.94. The summed E-state index contributed by atoms with van der Waals surface area (Å²) in [5.74, 6) is -0.437. The molecule has 7 heteroatoms. The number of hydrogen-bond donors (Lipinski definition) is 1. The maximum absolute atomic E-state index is 12.2. The minimum Gasteiger partial charge on any atom is -0.496 e. The van der Waals surface area contributed by atoms with Gasteiger partial charge in [-0.15, -0.1) is 0 Å². The Bertz CT molecular complexity index is 822. The molecule has 1 N–H and O–H groups in total. The number of carbonyl (C=O) groups is 2. The van der Waals surface area contributed by atoms with Crippen molar-refractivity contribution in [3.63, 3.8) is 0 Å². The summed E-state index contributed by atoms with van der Waals surface area (Å²) in [4.78, 5) is 24.2. The molecule has 144 valence electrons. The standard InChI is InChI=1S/C20H22ClNO5/c1-4-26-11-15-9-14(6-8-18(15)25-3)20(24)27-12-19(23)22-16-7-5-13(2)17(21)10-16/h5-10H,4,11-12H2,1-3H3,(H,22,23). The van der Waals surface area contributed by atoms with Gasteiger partial charge in [0.25, 0.3) is 5.91 Å². The molecule has 0 saturated carbocycles. The third kappa shape index (κ3) is 5.98. The van der Waals surface area contributed by atoms with Crippen molar-refractivity contribution in [3.05, 3.63) is 58.1 Å². The van der Waals surface area contributed by atoms with E-state index >= 15 is 0 Å². The van der Waals surface area contributed by atoms with E-state index in [-0.39, 0.29) is 0 Å². The topological polar surface area (TPSA) is 73.9 Å². The summed E-state index contributed by atoms with van der Waals surface area (Å²) >= 11 is 6.02. The van der Waals surface area contributed by atoms with Gasteiger partial charge in [0.1, 0.15) is 5.75 Å². The van der Waals surface area contributed by atoms with Crippen LogP contribution >= 0.6 is 11.6 Å². The number of methoxy groups -OCH3 is 1. The first kappa shape index (κ1) is 20.7. The van der Waals surface area contributed by atoms with Gasteiger partial charge in [-0.3, -0.25) is 4.79 Å². The highest BCUT2D eigenvalue weighted by molar-refractivity contribution is 6.31. The molecule has 0 aliphatic heterocycles. The Hall–Kier alpha value is -2.57. The number of benzene rings is 2.